The number of hydrogen-bond donors (Lipinski definition) is 2. The average Bonchev–Trinajstić information content (AvgIpc) is 3.22. The molecule has 0 aliphatic carbocycles. The third-order valence-electron chi connectivity index (χ3n) is 4.92. The number of benzene rings is 2. The minimum absolute atomic E-state index is 0.0367. The Bertz CT molecular complexity index is 1120. The van der Waals surface area contributed by atoms with Crippen LogP contribution in [0.2, 0.25) is 0 Å². The summed E-state index contributed by atoms with van der Waals surface area (Å²) in [5.74, 6) is -0.0827. The molecule has 174 valence electrons. The third-order valence-corrected chi connectivity index (χ3v) is 6.00. The molecule has 0 fully saturated rings. The summed E-state index contributed by atoms with van der Waals surface area (Å²) < 4.78 is 20.9. The number of nitrogens with zero attached hydrogens (tertiary/aromatic N) is 3. The van der Waals surface area contributed by atoms with E-state index in [1.54, 1.807) is 51.3 Å². The zero-order chi connectivity index (χ0) is 24.0. The zero-order valence-electron chi connectivity index (χ0n) is 18.8. The molecule has 3 rings (SSSR count). The first kappa shape index (κ1) is 24.2. The van der Waals surface area contributed by atoms with Crippen LogP contribution < -0.4 is 15.4 Å². The van der Waals surface area contributed by atoms with E-state index in [4.69, 9.17) is 4.74 Å². The van der Waals surface area contributed by atoms with Gasteiger partial charge in [-0.2, -0.15) is 0 Å². The standard InChI is InChI=1S/C23H26FN5O3S/c1-5-29-20(14(2)25-22(31)18-8-6-7-9-19(18)24)27-28-23(29)33-15(3)21(30)26-16-10-12-17(32-4)13-11-16/h6-15H,5H2,1-4H3,(H,25,31)(H,26,30)/t14-,15+/m0/s1. The Kier molecular flexibility index (Phi) is 8.05. The first-order valence-corrected chi connectivity index (χ1v) is 11.3. The fourth-order valence-electron chi connectivity index (χ4n) is 3.12. The lowest BCUT2D eigenvalue weighted by molar-refractivity contribution is -0.115. The number of carbonyl (C=O) groups excluding carboxylic acids is 2. The molecule has 33 heavy (non-hydrogen) atoms. The molecule has 0 radical (unpaired) electrons. The van der Waals surface area contributed by atoms with Crippen molar-refractivity contribution in [2.45, 2.75) is 43.8 Å². The summed E-state index contributed by atoms with van der Waals surface area (Å²) in [6, 6.07) is 12.3. The highest BCUT2D eigenvalue weighted by molar-refractivity contribution is 8.00. The fourth-order valence-corrected chi connectivity index (χ4v) is 4.04. The molecule has 0 aliphatic rings. The first-order chi connectivity index (χ1) is 15.8. The van der Waals surface area contributed by atoms with Crippen molar-refractivity contribution in [1.29, 1.82) is 0 Å². The second-order valence-corrected chi connectivity index (χ2v) is 8.55. The van der Waals surface area contributed by atoms with Gasteiger partial charge < -0.3 is 19.9 Å². The van der Waals surface area contributed by atoms with E-state index in [0.29, 0.717) is 29.0 Å². The summed E-state index contributed by atoms with van der Waals surface area (Å²) in [5, 5.41) is 14.2. The fraction of sp³-hybridized carbons (Fsp3) is 0.304. The lowest BCUT2D eigenvalue weighted by Gasteiger charge is -2.16. The SMILES string of the molecule is CCn1c(S[C@H](C)C(=O)Nc2ccc(OC)cc2)nnc1[C@H](C)NC(=O)c1ccccc1F. The van der Waals surface area contributed by atoms with Gasteiger partial charge in [0.2, 0.25) is 5.91 Å². The number of aromatic nitrogens is 3. The van der Waals surface area contributed by atoms with Crippen LogP contribution in [0.1, 0.15) is 43.0 Å². The highest BCUT2D eigenvalue weighted by atomic mass is 32.2. The molecule has 2 N–H and O–H groups in total. The van der Waals surface area contributed by atoms with Gasteiger partial charge in [0.05, 0.1) is 24.0 Å². The number of rotatable bonds is 9. The number of carbonyl (C=O) groups is 2. The second kappa shape index (κ2) is 11.0. The molecule has 1 heterocycles. The molecule has 0 unspecified atom stereocenters. The van der Waals surface area contributed by atoms with E-state index < -0.39 is 23.0 Å². The van der Waals surface area contributed by atoms with Gasteiger partial charge in [-0.15, -0.1) is 10.2 Å². The van der Waals surface area contributed by atoms with E-state index in [9.17, 15) is 14.0 Å². The molecule has 0 spiro atoms. The summed E-state index contributed by atoms with van der Waals surface area (Å²) in [7, 11) is 1.58. The van der Waals surface area contributed by atoms with Gasteiger partial charge in [-0.05, 0) is 57.2 Å². The highest BCUT2D eigenvalue weighted by Crippen LogP contribution is 2.26. The molecule has 0 saturated heterocycles. The number of amides is 2. The molecule has 0 bridgehead atoms. The lowest BCUT2D eigenvalue weighted by atomic mass is 10.2. The van der Waals surface area contributed by atoms with Crippen LogP contribution in [0.3, 0.4) is 0 Å². The monoisotopic (exact) mass is 471 g/mol. The van der Waals surface area contributed by atoms with Crippen LogP contribution in [0, 0.1) is 5.82 Å². The summed E-state index contributed by atoms with van der Waals surface area (Å²) in [6.45, 7) is 5.99. The second-order valence-electron chi connectivity index (χ2n) is 7.24. The van der Waals surface area contributed by atoms with E-state index in [0.717, 1.165) is 0 Å². The van der Waals surface area contributed by atoms with Crippen LogP contribution in [0.15, 0.2) is 53.7 Å². The lowest BCUT2D eigenvalue weighted by Crippen LogP contribution is -2.29. The van der Waals surface area contributed by atoms with Crippen molar-refractivity contribution in [2.75, 3.05) is 12.4 Å². The van der Waals surface area contributed by atoms with Crippen molar-refractivity contribution in [3.63, 3.8) is 0 Å². The molecular weight excluding hydrogens is 445 g/mol. The average molecular weight is 472 g/mol. The minimum Gasteiger partial charge on any atom is -0.497 e. The number of halogens is 1. The Morgan fingerprint density at radius 3 is 2.45 bits per heavy atom. The van der Waals surface area contributed by atoms with Crippen LogP contribution >= 0.6 is 11.8 Å². The molecule has 8 nitrogen and oxygen atoms in total. The Hall–Kier alpha value is -3.40. The Morgan fingerprint density at radius 1 is 1.12 bits per heavy atom. The predicted molar refractivity (Wildman–Crippen MR) is 125 cm³/mol. The summed E-state index contributed by atoms with van der Waals surface area (Å²) >= 11 is 1.27. The van der Waals surface area contributed by atoms with Crippen molar-refractivity contribution in [3.05, 3.63) is 65.7 Å². The maximum Gasteiger partial charge on any atom is 0.254 e. The van der Waals surface area contributed by atoms with Crippen LogP contribution in [-0.4, -0.2) is 38.9 Å². The summed E-state index contributed by atoms with van der Waals surface area (Å²) in [6.07, 6.45) is 0. The highest BCUT2D eigenvalue weighted by Gasteiger charge is 2.23. The molecule has 0 aliphatic heterocycles. The van der Waals surface area contributed by atoms with Crippen LogP contribution in [0.4, 0.5) is 10.1 Å². The van der Waals surface area contributed by atoms with E-state index in [2.05, 4.69) is 20.8 Å². The van der Waals surface area contributed by atoms with Gasteiger partial charge in [0.15, 0.2) is 11.0 Å². The number of hydrogen-bond acceptors (Lipinski definition) is 6. The number of methoxy groups -OCH3 is 1. The normalized spacial score (nSPS) is 12.6. The third kappa shape index (κ3) is 5.89. The van der Waals surface area contributed by atoms with Crippen molar-refractivity contribution in [1.82, 2.24) is 20.1 Å². The Labute approximate surface area is 195 Å². The number of nitrogens with one attached hydrogen (secondary N) is 2. The molecule has 3 aromatic rings. The summed E-state index contributed by atoms with van der Waals surface area (Å²) in [5.41, 5.74) is 0.626. The van der Waals surface area contributed by atoms with E-state index >= 15 is 0 Å². The van der Waals surface area contributed by atoms with Crippen LogP contribution in [-0.2, 0) is 11.3 Å². The molecule has 2 amide bonds. The van der Waals surface area contributed by atoms with E-state index in [1.165, 1.54) is 30.0 Å². The van der Waals surface area contributed by atoms with Crippen molar-refractivity contribution >= 4 is 29.3 Å². The van der Waals surface area contributed by atoms with Gasteiger partial charge in [0.25, 0.3) is 5.91 Å². The molecule has 2 aromatic carbocycles. The first-order valence-electron chi connectivity index (χ1n) is 10.4. The smallest absolute Gasteiger partial charge is 0.254 e. The number of ether oxygens (including phenoxy) is 1. The van der Waals surface area contributed by atoms with Gasteiger partial charge in [-0.3, -0.25) is 9.59 Å². The van der Waals surface area contributed by atoms with Crippen molar-refractivity contribution in [3.8, 4) is 5.75 Å². The van der Waals surface area contributed by atoms with Crippen molar-refractivity contribution < 1.29 is 18.7 Å². The van der Waals surface area contributed by atoms with Crippen LogP contribution in [0.5, 0.6) is 5.75 Å². The number of thioether (sulfide) groups is 1. The van der Waals surface area contributed by atoms with Gasteiger partial charge in [-0.25, -0.2) is 4.39 Å². The van der Waals surface area contributed by atoms with Gasteiger partial charge >= 0.3 is 0 Å². The molecule has 1 aromatic heterocycles. The Balaban J connectivity index is 1.67. The van der Waals surface area contributed by atoms with Crippen molar-refractivity contribution in [2.24, 2.45) is 0 Å². The van der Waals surface area contributed by atoms with E-state index in [1.807, 2.05) is 11.5 Å². The molecular formula is C23H26FN5O3S. The largest absolute Gasteiger partial charge is 0.497 e. The number of anilines is 1. The van der Waals surface area contributed by atoms with Gasteiger partial charge in [-0.1, -0.05) is 23.9 Å². The zero-order valence-corrected chi connectivity index (χ0v) is 19.6. The van der Waals surface area contributed by atoms with Gasteiger partial charge in [0.1, 0.15) is 11.6 Å². The molecule has 2 atom stereocenters. The Morgan fingerprint density at radius 2 is 1.82 bits per heavy atom. The quantitative estimate of drug-likeness (QED) is 0.457. The predicted octanol–water partition coefficient (Wildman–Crippen LogP) is 4.06. The maximum absolute atomic E-state index is 13.9. The minimum atomic E-state index is -0.591. The maximum atomic E-state index is 13.9. The van der Waals surface area contributed by atoms with Gasteiger partial charge in [0, 0.05) is 12.2 Å². The topological polar surface area (TPSA) is 98.1 Å². The van der Waals surface area contributed by atoms with Crippen LogP contribution in [0.25, 0.3) is 0 Å². The van der Waals surface area contributed by atoms with E-state index in [-0.39, 0.29) is 11.5 Å². The summed E-state index contributed by atoms with van der Waals surface area (Å²) in [4.78, 5) is 25.1. The molecule has 0 saturated carbocycles. The molecule has 10 heteroatoms.